The molecule has 5 heteroatoms. The summed E-state index contributed by atoms with van der Waals surface area (Å²) < 4.78 is 6.42. The average Bonchev–Trinajstić information content (AvgIpc) is 2.79. The molecule has 1 aromatic carbocycles. The van der Waals surface area contributed by atoms with Crippen LogP contribution in [0.4, 0.5) is 5.69 Å². The Morgan fingerprint density at radius 1 is 1.15 bits per heavy atom. The molecule has 0 radical (unpaired) electrons. The average molecular weight is 330 g/mol. The van der Waals surface area contributed by atoms with Crippen molar-refractivity contribution in [1.82, 2.24) is 0 Å². The molecule has 0 fully saturated rings. The van der Waals surface area contributed by atoms with Crippen molar-refractivity contribution in [3.05, 3.63) is 44.6 Å². The van der Waals surface area contributed by atoms with Gasteiger partial charge < -0.3 is 10.1 Å². The lowest BCUT2D eigenvalue weighted by Crippen LogP contribution is -2.07. The number of halogens is 2. The van der Waals surface area contributed by atoms with E-state index in [-0.39, 0.29) is 12.1 Å². The van der Waals surface area contributed by atoms with Gasteiger partial charge in [-0.15, -0.1) is 11.3 Å². The molecule has 0 aliphatic rings. The number of nitrogens with one attached hydrogen (secondary N) is 1. The minimum Gasteiger partial charge on any atom is -0.489 e. The predicted octanol–water partition coefficient (Wildman–Crippen LogP) is 6.02. The molecular weight excluding hydrogens is 313 g/mol. The van der Waals surface area contributed by atoms with Crippen molar-refractivity contribution in [2.24, 2.45) is 0 Å². The highest BCUT2D eigenvalue weighted by molar-refractivity contribution is 7.14. The van der Waals surface area contributed by atoms with Crippen LogP contribution in [0.5, 0.6) is 5.75 Å². The summed E-state index contributed by atoms with van der Waals surface area (Å²) in [5.41, 5.74) is 2.12. The van der Waals surface area contributed by atoms with Crippen molar-refractivity contribution in [3.63, 3.8) is 0 Å². The first-order chi connectivity index (χ1) is 9.45. The number of ether oxygens (including phenoxy) is 1. The van der Waals surface area contributed by atoms with Gasteiger partial charge in [0.05, 0.1) is 15.5 Å². The van der Waals surface area contributed by atoms with Gasteiger partial charge in [-0.05, 0) is 56.0 Å². The van der Waals surface area contributed by atoms with Crippen LogP contribution in [0.1, 0.15) is 32.4 Å². The van der Waals surface area contributed by atoms with E-state index in [0.717, 1.165) is 10.0 Å². The molecular formula is C15H17Cl2NOS. The van der Waals surface area contributed by atoms with Gasteiger partial charge in [0.25, 0.3) is 0 Å². The van der Waals surface area contributed by atoms with Crippen molar-refractivity contribution in [2.45, 2.75) is 32.9 Å². The molecule has 0 amide bonds. The van der Waals surface area contributed by atoms with Crippen molar-refractivity contribution in [3.8, 4) is 5.75 Å². The lowest BCUT2D eigenvalue weighted by atomic mass is 10.1. The maximum atomic E-state index is 6.22. The summed E-state index contributed by atoms with van der Waals surface area (Å²) in [7, 11) is 0. The second-order valence-corrected chi connectivity index (χ2v) is 6.81. The van der Waals surface area contributed by atoms with Crippen molar-refractivity contribution < 1.29 is 4.74 Å². The van der Waals surface area contributed by atoms with Crippen molar-refractivity contribution >= 4 is 40.2 Å². The van der Waals surface area contributed by atoms with Crippen LogP contribution in [-0.2, 0) is 0 Å². The van der Waals surface area contributed by atoms with E-state index >= 15 is 0 Å². The van der Waals surface area contributed by atoms with Crippen LogP contribution in [0.25, 0.3) is 0 Å². The van der Waals surface area contributed by atoms with Crippen molar-refractivity contribution in [2.75, 3.05) is 5.32 Å². The zero-order chi connectivity index (χ0) is 14.7. The summed E-state index contributed by atoms with van der Waals surface area (Å²) >= 11 is 13.7. The van der Waals surface area contributed by atoms with Crippen LogP contribution in [0.15, 0.2) is 29.6 Å². The Bertz CT molecular complexity index is 583. The van der Waals surface area contributed by atoms with E-state index in [0.29, 0.717) is 10.8 Å². The van der Waals surface area contributed by atoms with Gasteiger partial charge in [-0.3, -0.25) is 0 Å². The molecule has 1 heterocycles. The highest BCUT2D eigenvalue weighted by atomic mass is 35.5. The van der Waals surface area contributed by atoms with Gasteiger partial charge in [-0.1, -0.05) is 23.2 Å². The van der Waals surface area contributed by atoms with E-state index < -0.39 is 0 Å². The first kappa shape index (κ1) is 15.5. The third kappa shape index (κ3) is 4.05. The summed E-state index contributed by atoms with van der Waals surface area (Å²) in [6.07, 6.45) is 0.109. The van der Waals surface area contributed by atoms with Gasteiger partial charge in [0.2, 0.25) is 0 Å². The fraction of sp³-hybridized carbons (Fsp3) is 0.333. The normalized spacial score (nSPS) is 12.5. The van der Waals surface area contributed by atoms with Gasteiger partial charge in [0.1, 0.15) is 5.75 Å². The maximum absolute atomic E-state index is 6.22. The van der Waals surface area contributed by atoms with Gasteiger partial charge in [-0.25, -0.2) is 0 Å². The number of hydrogen-bond acceptors (Lipinski definition) is 3. The fourth-order valence-electron chi connectivity index (χ4n) is 1.82. The lowest BCUT2D eigenvalue weighted by Gasteiger charge is -2.16. The fourth-order valence-corrected chi connectivity index (χ4v) is 3.03. The van der Waals surface area contributed by atoms with Crippen LogP contribution in [-0.4, -0.2) is 6.10 Å². The summed E-state index contributed by atoms with van der Waals surface area (Å²) in [6.45, 7) is 6.04. The number of thiophene rings is 1. The quantitative estimate of drug-likeness (QED) is 0.724. The van der Waals surface area contributed by atoms with Crippen LogP contribution in [0.2, 0.25) is 9.36 Å². The first-order valence-corrected chi connectivity index (χ1v) is 8.06. The lowest BCUT2D eigenvalue weighted by molar-refractivity contribution is 0.242. The molecule has 2 rings (SSSR count). The van der Waals surface area contributed by atoms with Crippen LogP contribution in [0.3, 0.4) is 0 Å². The van der Waals surface area contributed by atoms with E-state index in [1.165, 1.54) is 16.9 Å². The van der Waals surface area contributed by atoms with Crippen molar-refractivity contribution in [1.29, 1.82) is 0 Å². The molecule has 2 nitrogen and oxygen atoms in total. The summed E-state index contributed by atoms with van der Waals surface area (Å²) in [5, 5.41) is 6.06. The Hall–Kier alpha value is -0.900. The van der Waals surface area contributed by atoms with Gasteiger partial charge >= 0.3 is 0 Å². The Morgan fingerprint density at radius 3 is 2.45 bits per heavy atom. The molecule has 1 unspecified atom stereocenters. The number of anilines is 1. The number of hydrogen-bond donors (Lipinski definition) is 1. The topological polar surface area (TPSA) is 21.3 Å². The Kier molecular flexibility index (Phi) is 5.19. The summed E-state index contributed by atoms with van der Waals surface area (Å²) in [4.78, 5) is 0. The third-order valence-electron chi connectivity index (χ3n) is 2.77. The Morgan fingerprint density at radius 2 is 1.90 bits per heavy atom. The SMILES string of the molecule is CC(C)Oc1ccc(NC(C)c2csc(Cl)c2)cc1Cl. The monoisotopic (exact) mass is 329 g/mol. The Balaban J connectivity index is 2.08. The molecule has 0 aliphatic carbocycles. The molecule has 108 valence electrons. The minimum atomic E-state index is 0.109. The second kappa shape index (κ2) is 6.70. The third-order valence-corrected chi connectivity index (χ3v) is 4.17. The molecule has 1 N–H and O–H groups in total. The molecule has 0 saturated carbocycles. The number of benzene rings is 1. The molecule has 20 heavy (non-hydrogen) atoms. The standard InChI is InChI=1S/C15H17Cl2NOS/c1-9(2)19-14-5-4-12(7-13(14)16)18-10(3)11-6-15(17)20-8-11/h4-10,18H,1-3H3. The van der Waals surface area contributed by atoms with Gasteiger partial charge in [0.15, 0.2) is 0 Å². The minimum absolute atomic E-state index is 0.109. The van der Waals surface area contributed by atoms with Gasteiger partial charge in [-0.2, -0.15) is 0 Å². The smallest absolute Gasteiger partial charge is 0.138 e. The van der Waals surface area contributed by atoms with E-state index in [4.69, 9.17) is 27.9 Å². The Labute approximate surface area is 133 Å². The van der Waals surface area contributed by atoms with Crippen LogP contribution < -0.4 is 10.1 Å². The zero-order valence-corrected chi connectivity index (χ0v) is 13.9. The number of rotatable bonds is 5. The van der Waals surface area contributed by atoms with Crippen LogP contribution in [0, 0.1) is 0 Å². The molecule has 0 saturated heterocycles. The largest absolute Gasteiger partial charge is 0.489 e. The molecule has 0 bridgehead atoms. The second-order valence-electron chi connectivity index (χ2n) is 4.86. The summed E-state index contributed by atoms with van der Waals surface area (Å²) in [6, 6.07) is 7.88. The molecule has 0 spiro atoms. The first-order valence-electron chi connectivity index (χ1n) is 6.42. The van der Waals surface area contributed by atoms with Gasteiger partial charge in [0, 0.05) is 11.7 Å². The molecule has 1 aromatic heterocycles. The van der Waals surface area contributed by atoms with E-state index in [1.807, 2.05) is 38.1 Å². The highest BCUT2D eigenvalue weighted by Crippen LogP contribution is 2.31. The maximum Gasteiger partial charge on any atom is 0.138 e. The van der Waals surface area contributed by atoms with E-state index in [9.17, 15) is 0 Å². The molecule has 0 aliphatic heterocycles. The molecule has 1 atom stereocenters. The molecule has 2 aromatic rings. The van der Waals surface area contributed by atoms with Crippen LogP contribution >= 0.6 is 34.5 Å². The van der Waals surface area contributed by atoms with E-state index in [1.54, 1.807) is 0 Å². The highest BCUT2D eigenvalue weighted by Gasteiger charge is 2.10. The predicted molar refractivity (Wildman–Crippen MR) is 88.6 cm³/mol. The van der Waals surface area contributed by atoms with E-state index in [2.05, 4.69) is 17.6 Å². The zero-order valence-electron chi connectivity index (χ0n) is 11.6. The summed E-state index contributed by atoms with van der Waals surface area (Å²) in [5.74, 6) is 0.707.